The van der Waals surface area contributed by atoms with Crippen molar-refractivity contribution in [2.24, 2.45) is 0 Å². The fourth-order valence-electron chi connectivity index (χ4n) is 4.07. The summed E-state index contributed by atoms with van der Waals surface area (Å²) >= 11 is 0. The number of hydrogen-bond acceptors (Lipinski definition) is 3. The van der Waals surface area contributed by atoms with Crippen molar-refractivity contribution in [1.29, 1.82) is 5.26 Å². The normalized spacial score (nSPS) is 21.1. The molecule has 22 heavy (non-hydrogen) atoms. The summed E-state index contributed by atoms with van der Waals surface area (Å²) in [5.74, 6) is -0.484. The van der Waals surface area contributed by atoms with E-state index in [1.807, 2.05) is 12.1 Å². The zero-order valence-electron chi connectivity index (χ0n) is 13.0. The van der Waals surface area contributed by atoms with Gasteiger partial charge in [-0.2, -0.15) is 5.26 Å². The number of rotatable bonds is 2. The number of carbonyl (C=O) groups excluding carboxylic acids is 1. The van der Waals surface area contributed by atoms with E-state index in [1.54, 1.807) is 6.92 Å². The van der Waals surface area contributed by atoms with Crippen LogP contribution >= 0.6 is 0 Å². The zero-order valence-corrected chi connectivity index (χ0v) is 13.0. The molecule has 0 heterocycles. The van der Waals surface area contributed by atoms with Crippen LogP contribution in [-0.2, 0) is 14.9 Å². The van der Waals surface area contributed by atoms with Crippen molar-refractivity contribution in [3.8, 4) is 6.07 Å². The third-order valence-corrected chi connectivity index (χ3v) is 5.04. The maximum atomic E-state index is 12.1. The first kappa shape index (κ1) is 14.8. The molecule has 3 nitrogen and oxygen atoms in total. The number of nitriles is 1. The van der Waals surface area contributed by atoms with Crippen molar-refractivity contribution in [1.82, 2.24) is 0 Å². The van der Waals surface area contributed by atoms with Crippen LogP contribution in [0.25, 0.3) is 5.57 Å². The van der Waals surface area contributed by atoms with E-state index in [-0.39, 0.29) is 11.0 Å². The van der Waals surface area contributed by atoms with Crippen LogP contribution in [0.2, 0.25) is 0 Å². The number of nitrogens with zero attached hydrogens (tertiary/aromatic N) is 1. The molecule has 2 aliphatic carbocycles. The summed E-state index contributed by atoms with van der Waals surface area (Å²) in [6.07, 6.45) is 6.83. The Kier molecular flexibility index (Phi) is 4.02. The van der Waals surface area contributed by atoms with Crippen LogP contribution < -0.4 is 0 Å². The molecule has 0 amide bonds. The molecule has 0 unspecified atom stereocenters. The standard InChI is InChI=1S/C19H21NO2/c1-2-22-18(21)16(13-20)15-12-19(10-6-3-7-11-19)17-9-5-4-8-14(15)17/h4-5,8-9H,2-3,6-7,10-12H2,1H3/b16-15+. The summed E-state index contributed by atoms with van der Waals surface area (Å²) in [5, 5.41) is 9.49. The second kappa shape index (κ2) is 5.96. The summed E-state index contributed by atoms with van der Waals surface area (Å²) in [6.45, 7) is 2.06. The van der Waals surface area contributed by atoms with Crippen molar-refractivity contribution < 1.29 is 9.53 Å². The van der Waals surface area contributed by atoms with E-state index in [4.69, 9.17) is 4.74 Å². The smallest absolute Gasteiger partial charge is 0.349 e. The summed E-state index contributed by atoms with van der Waals surface area (Å²) < 4.78 is 5.08. The molecule has 0 saturated heterocycles. The topological polar surface area (TPSA) is 50.1 Å². The lowest BCUT2D eigenvalue weighted by atomic mass is 9.70. The van der Waals surface area contributed by atoms with Crippen molar-refractivity contribution in [2.75, 3.05) is 6.61 Å². The van der Waals surface area contributed by atoms with Crippen molar-refractivity contribution in [3.63, 3.8) is 0 Å². The maximum absolute atomic E-state index is 12.1. The molecule has 1 saturated carbocycles. The molecule has 0 aromatic heterocycles. The highest BCUT2D eigenvalue weighted by Gasteiger charge is 2.43. The fourth-order valence-corrected chi connectivity index (χ4v) is 4.07. The summed E-state index contributed by atoms with van der Waals surface area (Å²) in [5.41, 5.74) is 3.60. The van der Waals surface area contributed by atoms with Crippen LogP contribution in [0.1, 0.15) is 56.6 Å². The first-order chi connectivity index (χ1) is 10.7. The van der Waals surface area contributed by atoms with Gasteiger partial charge in [-0.3, -0.25) is 0 Å². The van der Waals surface area contributed by atoms with Gasteiger partial charge in [0.15, 0.2) is 0 Å². The van der Waals surface area contributed by atoms with Gasteiger partial charge >= 0.3 is 5.97 Å². The lowest BCUT2D eigenvalue weighted by Gasteiger charge is -2.34. The van der Waals surface area contributed by atoms with Crippen molar-refractivity contribution in [3.05, 3.63) is 41.0 Å². The van der Waals surface area contributed by atoms with Crippen molar-refractivity contribution >= 4 is 11.5 Å². The van der Waals surface area contributed by atoms with E-state index in [1.165, 1.54) is 24.8 Å². The van der Waals surface area contributed by atoms with Gasteiger partial charge in [-0.15, -0.1) is 0 Å². The van der Waals surface area contributed by atoms with E-state index in [0.29, 0.717) is 6.61 Å². The largest absolute Gasteiger partial charge is 0.462 e. The zero-order chi connectivity index (χ0) is 15.6. The number of hydrogen-bond donors (Lipinski definition) is 0. The molecular formula is C19H21NO2. The lowest BCUT2D eigenvalue weighted by Crippen LogP contribution is -2.25. The highest BCUT2D eigenvalue weighted by atomic mass is 16.5. The average Bonchev–Trinajstić information content (AvgIpc) is 2.84. The Bertz CT molecular complexity index is 660. The van der Waals surface area contributed by atoms with Crippen LogP contribution in [0.15, 0.2) is 29.8 Å². The minimum atomic E-state index is -0.484. The summed E-state index contributed by atoms with van der Waals surface area (Å²) in [4.78, 5) is 12.1. The molecule has 0 N–H and O–H groups in total. The molecule has 3 heteroatoms. The van der Waals surface area contributed by atoms with Crippen LogP contribution in [0.5, 0.6) is 0 Å². The number of allylic oxidation sites excluding steroid dienone is 1. The molecule has 0 atom stereocenters. The molecule has 3 rings (SSSR count). The predicted octanol–water partition coefficient (Wildman–Crippen LogP) is 4.13. The maximum Gasteiger partial charge on any atom is 0.349 e. The number of ether oxygens (including phenoxy) is 1. The Balaban J connectivity index is 2.11. The van der Waals surface area contributed by atoms with Gasteiger partial charge in [-0.25, -0.2) is 4.79 Å². The third kappa shape index (κ3) is 2.33. The highest BCUT2D eigenvalue weighted by Crippen LogP contribution is 2.53. The minimum Gasteiger partial charge on any atom is -0.462 e. The number of carbonyl (C=O) groups is 1. The highest BCUT2D eigenvalue weighted by molar-refractivity contribution is 6.03. The average molecular weight is 295 g/mol. The van der Waals surface area contributed by atoms with Crippen molar-refractivity contribution in [2.45, 2.75) is 50.9 Å². The molecular weight excluding hydrogens is 274 g/mol. The summed E-state index contributed by atoms with van der Waals surface area (Å²) in [6, 6.07) is 10.4. The van der Waals surface area contributed by atoms with Crippen LogP contribution in [0, 0.1) is 11.3 Å². The van der Waals surface area contributed by atoms with Gasteiger partial charge < -0.3 is 4.74 Å². The van der Waals surface area contributed by atoms with Gasteiger partial charge in [0, 0.05) is 5.41 Å². The minimum absolute atomic E-state index is 0.124. The number of benzene rings is 1. The Morgan fingerprint density at radius 1 is 1.27 bits per heavy atom. The van der Waals surface area contributed by atoms with Crippen LogP contribution in [0.4, 0.5) is 0 Å². The predicted molar refractivity (Wildman–Crippen MR) is 85.0 cm³/mol. The second-order valence-electron chi connectivity index (χ2n) is 6.25. The molecule has 0 radical (unpaired) electrons. The second-order valence-corrected chi connectivity index (χ2v) is 6.25. The van der Waals surface area contributed by atoms with E-state index in [0.717, 1.165) is 30.4 Å². The molecule has 2 aliphatic rings. The van der Waals surface area contributed by atoms with E-state index in [2.05, 4.69) is 18.2 Å². The Hall–Kier alpha value is -2.08. The third-order valence-electron chi connectivity index (χ3n) is 5.04. The van der Waals surface area contributed by atoms with Crippen LogP contribution in [0.3, 0.4) is 0 Å². The number of fused-ring (bicyclic) bond motifs is 2. The molecule has 0 aliphatic heterocycles. The van der Waals surface area contributed by atoms with E-state index < -0.39 is 5.97 Å². The molecule has 1 aromatic rings. The van der Waals surface area contributed by atoms with Gasteiger partial charge in [0.25, 0.3) is 0 Å². The summed E-state index contributed by atoms with van der Waals surface area (Å²) in [7, 11) is 0. The quantitative estimate of drug-likeness (QED) is 0.468. The Labute approximate surface area is 131 Å². The number of esters is 1. The monoisotopic (exact) mass is 295 g/mol. The first-order valence-corrected chi connectivity index (χ1v) is 8.12. The molecule has 1 spiro atoms. The van der Waals surface area contributed by atoms with Gasteiger partial charge in [-0.1, -0.05) is 43.5 Å². The fraction of sp³-hybridized carbons (Fsp3) is 0.474. The lowest BCUT2D eigenvalue weighted by molar-refractivity contribution is -0.137. The molecule has 1 aromatic carbocycles. The van der Waals surface area contributed by atoms with Gasteiger partial charge in [0.1, 0.15) is 11.6 Å². The van der Waals surface area contributed by atoms with Gasteiger partial charge in [-0.05, 0) is 42.9 Å². The van der Waals surface area contributed by atoms with Crippen LogP contribution in [-0.4, -0.2) is 12.6 Å². The van der Waals surface area contributed by atoms with E-state index in [9.17, 15) is 10.1 Å². The Morgan fingerprint density at radius 3 is 2.68 bits per heavy atom. The van der Waals surface area contributed by atoms with Gasteiger partial charge in [0.05, 0.1) is 6.61 Å². The Morgan fingerprint density at radius 2 is 2.00 bits per heavy atom. The SMILES string of the molecule is CCOC(=O)/C(C#N)=C1\CC2(CCCCC2)c2ccccc21. The molecule has 114 valence electrons. The molecule has 0 bridgehead atoms. The van der Waals surface area contributed by atoms with Gasteiger partial charge in [0.2, 0.25) is 0 Å². The van der Waals surface area contributed by atoms with E-state index >= 15 is 0 Å². The first-order valence-electron chi connectivity index (χ1n) is 8.12. The molecule has 1 fully saturated rings.